The maximum Gasteiger partial charge on any atom is 0.253 e. The molecule has 2 aromatic heterocycles. The highest BCUT2D eigenvalue weighted by Crippen LogP contribution is 2.21. The first-order chi connectivity index (χ1) is 13.8. The number of nitrogens with zero attached hydrogens (tertiary/aromatic N) is 3. The van der Waals surface area contributed by atoms with E-state index in [1.165, 1.54) is 22.4 Å². The molecule has 1 amide bonds. The summed E-state index contributed by atoms with van der Waals surface area (Å²) in [6.07, 6.45) is 1.49. The number of hydrogen-bond donors (Lipinski definition) is 3. The molecule has 9 heteroatoms. The van der Waals surface area contributed by atoms with Gasteiger partial charge >= 0.3 is 0 Å². The number of aryl methyl sites for hydroxylation is 1. The number of carbonyl (C=O) groups excluding carboxylic acids is 1. The van der Waals surface area contributed by atoms with Crippen molar-refractivity contribution in [3.63, 3.8) is 0 Å². The first-order valence-electron chi connectivity index (χ1n) is 8.63. The number of rotatable bonds is 4. The van der Waals surface area contributed by atoms with E-state index < -0.39 is 0 Å². The maximum absolute atomic E-state index is 12.0. The summed E-state index contributed by atoms with van der Waals surface area (Å²) in [4.78, 5) is 23.6. The van der Waals surface area contributed by atoms with Crippen molar-refractivity contribution in [1.82, 2.24) is 14.9 Å². The van der Waals surface area contributed by atoms with Crippen LogP contribution in [-0.2, 0) is 4.74 Å². The smallest absolute Gasteiger partial charge is 0.253 e. The monoisotopic (exact) mass is 408 g/mol. The molecule has 0 saturated heterocycles. The van der Waals surface area contributed by atoms with E-state index in [9.17, 15) is 4.79 Å². The summed E-state index contributed by atoms with van der Waals surface area (Å²) in [5.41, 5.74) is 7.67. The van der Waals surface area contributed by atoms with E-state index in [1.54, 1.807) is 44.4 Å². The number of ether oxygens (including phenoxy) is 1. The fourth-order valence-electron chi connectivity index (χ4n) is 2.50. The average Bonchev–Trinajstić information content (AvgIpc) is 3.14. The SMILES string of the molecule is Cc1ccc(C(=N)OC(=N)c2nc(-c3ccc(C(=O)N(C)C)cc3)cnc2N)s1. The molecule has 0 bridgehead atoms. The van der Waals surface area contributed by atoms with Gasteiger partial charge in [0.2, 0.25) is 11.8 Å². The third-order valence-corrected chi connectivity index (χ3v) is 5.02. The molecular formula is C20H20N6O2S. The lowest BCUT2D eigenvalue weighted by atomic mass is 10.1. The summed E-state index contributed by atoms with van der Waals surface area (Å²) in [6, 6.07) is 10.5. The van der Waals surface area contributed by atoms with Gasteiger partial charge in [0.05, 0.1) is 16.8 Å². The standard InChI is InChI=1S/C20H20N6O2S/c1-11-4-9-15(29-11)18(22)28-19(23)16-17(21)24-10-14(25-16)12-5-7-13(8-6-12)20(27)26(2)3/h4-10,22-23H,1-3H3,(H2,21,24). The van der Waals surface area contributed by atoms with Gasteiger partial charge in [-0.1, -0.05) is 12.1 Å². The lowest BCUT2D eigenvalue weighted by Gasteiger charge is -2.11. The third kappa shape index (κ3) is 4.46. The zero-order chi connectivity index (χ0) is 21.1. The number of amides is 1. The van der Waals surface area contributed by atoms with Crippen LogP contribution in [0, 0.1) is 17.7 Å². The lowest BCUT2D eigenvalue weighted by Crippen LogP contribution is -2.21. The van der Waals surface area contributed by atoms with Crippen LogP contribution in [0.4, 0.5) is 5.82 Å². The van der Waals surface area contributed by atoms with Crippen LogP contribution >= 0.6 is 11.3 Å². The molecule has 0 unspecified atom stereocenters. The van der Waals surface area contributed by atoms with Crippen molar-refractivity contribution in [2.75, 3.05) is 19.8 Å². The van der Waals surface area contributed by atoms with Crippen molar-refractivity contribution in [1.29, 1.82) is 10.8 Å². The number of benzene rings is 1. The van der Waals surface area contributed by atoms with Gasteiger partial charge in [0.15, 0.2) is 11.5 Å². The Bertz CT molecular complexity index is 1090. The molecular weight excluding hydrogens is 388 g/mol. The maximum atomic E-state index is 12.0. The van der Waals surface area contributed by atoms with E-state index in [0.717, 1.165) is 4.88 Å². The molecule has 3 aromatic rings. The van der Waals surface area contributed by atoms with Crippen molar-refractivity contribution in [3.8, 4) is 11.3 Å². The van der Waals surface area contributed by atoms with Gasteiger partial charge in [-0.3, -0.25) is 15.6 Å². The Morgan fingerprint density at radius 2 is 1.79 bits per heavy atom. The first-order valence-corrected chi connectivity index (χ1v) is 9.44. The summed E-state index contributed by atoms with van der Waals surface area (Å²) in [6.45, 7) is 1.93. The zero-order valence-corrected chi connectivity index (χ0v) is 17.0. The summed E-state index contributed by atoms with van der Waals surface area (Å²) in [7, 11) is 3.38. The van der Waals surface area contributed by atoms with Crippen LogP contribution in [0.15, 0.2) is 42.6 Å². The van der Waals surface area contributed by atoms with Crippen molar-refractivity contribution in [2.24, 2.45) is 0 Å². The number of thiophene rings is 1. The third-order valence-electron chi connectivity index (χ3n) is 4.02. The van der Waals surface area contributed by atoms with Gasteiger partial charge in [-0.15, -0.1) is 11.3 Å². The molecule has 148 valence electrons. The normalized spacial score (nSPS) is 10.4. The molecule has 4 N–H and O–H groups in total. The van der Waals surface area contributed by atoms with Gasteiger partial charge in [0, 0.05) is 30.1 Å². The second kappa shape index (κ2) is 8.19. The van der Waals surface area contributed by atoms with Crippen LogP contribution in [0.1, 0.15) is 25.8 Å². The van der Waals surface area contributed by atoms with E-state index in [0.29, 0.717) is 21.7 Å². The Morgan fingerprint density at radius 3 is 2.38 bits per heavy atom. The van der Waals surface area contributed by atoms with E-state index in [2.05, 4.69) is 9.97 Å². The molecule has 0 aliphatic heterocycles. The van der Waals surface area contributed by atoms with Crippen LogP contribution in [-0.4, -0.2) is 46.7 Å². The molecule has 2 heterocycles. The minimum Gasteiger partial charge on any atom is -0.418 e. The van der Waals surface area contributed by atoms with Gasteiger partial charge in [-0.2, -0.15) is 0 Å². The van der Waals surface area contributed by atoms with Crippen LogP contribution in [0.25, 0.3) is 11.3 Å². The molecule has 1 aromatic carbocycles. The van der Waals surface area contributed by atoms with Crippen LogP contribution in [0.5, 0.6) is 0 Å². The predicted molar refractivity (Wildman–Crippen MR) is 114 cm³/mol. The summed E-state index contributed by atoms with van der Waals surface area (Å²) in [5.74, 6) is -0.565. The molecule has 29 heavy (non-hydrogen) atoms. The van der Waals surface area contributed by atoms with E-state index in [-0.39, 0.29) is 29.2 Å². The number of aromatic nitrogens is 2. The Hall–Kier alpha value is -3.59. The molecule has 3 rings (SSSR count). The van der Waals surface area contributed by atoms with E-state index in [4.69, 9.17) is 21.3 Å². The minimum absolute atomic E-state index is 0.0355. The molecule has 0 saturated carbocycles. The van der Waals surface area contributed by atoms with Gasteiger partial charge < -0.3 is 15.4 Å². The summed E-state index contributed by atoms with van der Waals surface area (Å²) < 4.78 is 5.33. The lowest BCUT2D eigenvalue weighted by molar-refractivity contribution is 0.0827. The fraction of sp³-hybridized carbons (Fsp3) is 0.150. The molecule has 0 aliphatic carbocycles. The highest BCUT2D eigenvalue weighted by molar-refractivity contribution is 7.13. The molecule has 0 radical (unpaired) electrons. The summed E-state index contributed by atoms with van der Waals surface area (Å²) >= 11 is 1.40. The average molecular weight is 408 g/mol. The largest absolute Gasteiger partial charge is 0.418 e. The number of nitrogen functional groups attached to an aromatic ring is 1. The Balaban J connectivity index is 1.83. The van der Waals surface area contributed by atoms with Gasteiger partial charge in [0.1, 0.15) is 0 Å². The fourth-order valence-corrected chi connectivity index (χ4v) is 3.26. The molecule has 0 fully saturated rings. The Kier molecular flexibility index (Phi) is 5.69. The summed E-state index contributed by atoms with van der Waals surface area (Å²) in [5, 5.41) is 16.2. The molecule has 0 spiro atoms. The molecule has 8 nitrogen and oxygen atoms in total. The highest BCUT2D eigenvalue weighted by atomic mass is 32.1. The predicted octanol–water partition coefficient (Wildman–Crippen LogP) is 3.17. The second-order valence-corrected chi connectivity index (χ2v) is 7.72. The van der Waals surface area contributed by atoms with Gasteiger partial charge in [0.25, 0.3) is 5.91 Å². The number of nitrogens with two attached hydrogens (primary N) is 1. The van der Waals surface area contributed by atoms with Crippen molar-refractivity contribution >= 4 is 34.9 Å². The number of nitrogens with one attached hydrogen (secondary N) is 2. The van der Waals surface area contributed by atoms with Gasteiger partial charge in [-0.25, -0.2) is 9.97 Å². The number of hydrogen-bond acceptors (Lipinski definition) is 8. The van der Waals surface area contributed by atoms with Crippen molar-refractivity contribution in [2.45, 2.75) is 6.92 Å². The van der Waals surface area contributed by atoms with Crippen molar-refractivity contribution < 1.29 is 9.53 Å². The highest BCUT2D eigenvalue weighted by Gasteiger charge is 2.17. The van der Waals surface area contributed by atoms with E-state index in [1.807, 2.05) is 13.0 Å². The number of anilines is 1. The molecule has 0 atom stereocenters. The second-order valence-electron chi connectivity index (χ2n) is 6.44. The zero-order valence-electron chi connectivity index (χ0n) is 16.2. The topological polar surface area (TPSA) is 129 Å². The Morgan fingerprint density at radius 1 is 1.10 bits per heavy atom. The quantitative estimate of drug-likeness (QED) is 0.451. The molecule has 0 aliphatic rings. The van der Waals surface area contributed by atoms with Crippen molar-refractivity contribution in [3.05, 3.63) is 63.6 Å². The van der Waals surface area contributed by atoms with Crippen LogP contribution in [0.2, 0.25) is 0 Å². The number of carbonyl (C=O) groups is 1. The van der Waals surface area contributed by atoms with E-state index >= 15 is 0 Å². The minimum atomic E-state index is -0.354. The Labute approximate surface area is 172 Å². The van der Waals surface area contributed by atoms with Crippen LogP contribution in [0.3, 0.4) is 0 Å². The van der Waals surface area contributed by atoms with Gasteiger partial charge in [-0.05, 0) is 31.2 Å². The van der Waals surface area contributed by atoms with Crippen LogP contribution < -0.4 is 5.73 Å². The first kappa shape index (κ1) is 20.2.